The molecule has 1 atom stereocenters. The van der Waals surface area contributed by atoms with E-state index in [2.05, 4.69) is 18.2 Å². The van der Waals surface area contributed by atoms with Crippen molar-refractivity contribution >= 4 is 5.78 Å². The molecule has 74 valence electrons. The Hall–Kier alpha value is -1.11. The number of ketones is 1. The number of rotatable bonds is 0. The van der Waals surface area contributed by atoms with E-state index >= 15 is 0 Å². The van der Waals surface area contributed by atoms with Gasteiger partial charge in [0.1, 0.15) is 5.78 Å². The highest BCUT2D eigenvalue weighted by atomic mass is 16.1. The van der Waals surface area contributed by atoms with Gasteiger partial charge in [-0.2, -0.15) is 0 Å². The van der Waals surface area contributed by atoms with Crippen LogP contribution in [0.4, 0.5) is 0 Å². The molecule has 2 rings (SSSR count). The highest BCUT2D eigenvalue weighted by molar-refractivity contribution is 5.93. The van der Waals surface area contributed by atoms with Crippen molar-refractivity contribution in [3.05, 3.63) is 35.4 Å². The highest BCUT2D eigenvalue weighted by Crippen LogP contribution is 2.36. The molecule has 0 saturated heterocycles. The molecule has 14 heavy (non-hydrogen) atoms. The van der Waals surface area contributed by atoms with Gasteiger partial charge in [0, 0.05) is 11.3 Å². The van der Waals surface area contributed by atoms with Crippen LogP contribution >= 0.6 is 0 Å². The molecule has 1 aromatic rings. The summed E-state index contributed by atoms with van der Waals surface area (Å²) >= 11 is 0. The predicted molar refractivity (Wildman–Crippen MR) is 57.3 cm³/mol. The van der Waals surface area contributed by atoms with Crippen molar-refractivity contribution < 1.29 is 4.79 Å². The summed E-state index contributed by atoms with van der Waals surface area (Å²) in [4.78, 5) is 12.0. The van der Waals surface area contributed by atoms with Crippen molar-refractivity contribution in [1.29, 1.82) is 0 Å². The van der Waals surface area contributed by atoms with E-state index in [9.17, 15) is 4.79 Å². The zero-order valence-electron chi connectivity index (χ0n) is 9.00. The molecule has 1 aliphatic rings. The second kappa shape index (κ2) is 2.94. The van der Waals surface area contributed by atoms with E-state index in [4.69, 9.17) is 0 Å². The van der Waals surface area contributed by atoms with Gasteiger partial charge in [0.05, 0.1) is 0 Å². The van der Waals surface area contributed by atoms with Crippen molar-refractivity contribution in [1.82, 2.24) is 0 Å². The Balaban J connectivity index is 2.60. The Morgan fingerprint density at radius 3 is 2.64 bits per heavy atom. The fourth-order valence-corrected chi connectivity index (χ4v) is 2.48. The standard InChI is InChI=1S/C13H16O/c1-9-8-10-6-4-5-7-11(10)13(2,3)12(9)14/h4-7,9H,8H2,1-3H3. The summed E-state index contributed by atoms with van der Waals surface area (Å²) in [6.07, 6.45) is 0.901. The zero-order valence-corrected chi connectivity index (χ0v) is 9.00. The largest absolute Gasteiger partial charge is 0.298 e. The third-order valence-corrected chi connectivity index (χ3v) is 3.28. The van der Waals surface area contributed by atoms with Crippen LogP contribution in [0.2, 0.25) is 0 Å². The van der Waals surface area contributed by atoms with Gasteiger partial charge in [-0.05, 0) is 31.4 Å². The van der Waals surface area contributed by atoms with Gasteiger partial charge in [-0.1, -0.05) is 31.2 Å². The third-order valence-electron chi connectivity index (χ3n) is 3.28. The molecule has 0 heterocycles. The van der Waals surface area contributed by atoms with Gasteiger partial charge in [-0.15, -0.1) is 0 Å². The lowest BCUT2D eigenvalue weighted by atomic mass is 9.68. The molecule has 0 aromatic heterocycles. The van der Waals surface area contributed by atoms with Crippen LogP contribution in [-0.2, 0) is 16.6 Å². The van der Waals surface area contributed by atoms with Gasteiger partial charge < -0.3 is 0 Å². The number of Topliss-reactive ketones (excluding diaryl/α,β-unsaturated/α-hetero) is 1. The van der Waals surface area contributed by atoms with E-state index < -0.39 is 0 Å². The molecule has 0 aliphatic heterocycles. The maximum atomic E-state index is 12.0. The zero-order chi connectivity index (χ0) is 10.3. The van der Waals surface area contributed by atoms with Crippen LogP contribution in [0.25, 0.3) is 0 Å². The summed E-state index contributed by atoms with van der Waals surface area (Å²) < 4.78 is 0. The summed E-state index contributed by atoms with van der Waals surface area (Å²) in [5, 5.41) is 0. The molecule has 1 heteroatoms. The van der Waals surface area contributed by atoms with Gasteiger partial charge in [0.15, 0.2) is 0 Å². The highest BCUT2D eigenvalue weighted by Gasteiger charge is 2.38. The smallest absolute Gasteiger partial charge is 0.145 e. The molecule has 0 fully saturated rings. The van der Waals surface area contributed by atoms with Crippen LogP contribution < -0.4 is 0 Å². The number of hydrogen-bond acceptors (Lipinski definition) is 1. The molecular weight excluding hydrogens is 172 g/mol. The quantitative estimate of drug-likeness (QED) is 0.612. The topological polar surface area (TPSA) is 17.1 Å². The van der Waals surface area contributed by atoms with Crippen LogP contribution in [0.1, 0.15) is 31.9 Å². The second-order valence-electron chi connectivity index (χ2n) is 4.75. The monoisotopic (exact) mass is 188 g/mol. The van der Waals surface area contributed by atoms with E-state index in [1.807, 2.05) is 26.8 Å². The van der Waals surface area contributed by atoms with Crippen LogP contribution in [-0.4, -0.2) is 5.78 Å². The van der Waals surface area contributed by atoms with Gasteiger partial charge in [0.25, 0.3) is 0 Å². The molecule has 1 aromatic carbocycles. The summed E-state index contributed by atoms with van der Waals surface area (Å²) in [6.45, 7) is 6.09. The molecular formula is C13H16O. The minimum absolute atomic E-state index is 0.167. The Kier molecular flexibility index (Phi) is 1.99. The molecule has 0 N–H and O–H groups in total. The first-order valence-corrected chi connectivity index (χ1v) is 5.16. The number of carbonyl (C=O) groups excluding carboxylic acids is 1. The van der Waals surface area contributed by atoms with E-state index in [1.165, 1.54) is 11.1 Å². The van der Waals surface area contributed by atoms with Crippen LogP contribution in [0.3, 0.4) is 0 Å². The third kappa shape index (κ3) is 1.19. The summed E-state index contributed by atoms with van der Waals surface area (Å²) in [6, 6.07) is 8.29. The SMILES string of the molecule is CC1Cc2ccccc2C(C)(C)C1=O. The molecule has 1 unspecified atom stereocenters. The lowest BCUT2D eigenvalue weighted by Crippen LogP contribution is -2.39. The number of carbonyl (C=O) groups is 1. The second-order valence-corrected chi connectivity index (χ2v) is 4.75. The minimum Gasteiger partial charge on any atom is -0.298 e. The Labute approximate surface area is 85.1 Å². The predicted octanol–water partition coefficient (Wildman–Crippen LogP) is 2.73. The molecule has 0 radical (unpaired) electrons. The summed E-state index contributed by atoms with van der Waals surface area (Å²) in [5.41, 5.74) is 2.25. The first kappa shape index (κ1) is 9.45. The van der Waals surface area contributed by atoms with Crippen LogP contribution in [0.5, 0.6) is 0 Å². The summed E-state index contributed by atoms with van der Waals surface area (Å²) in [5.74, 6) is 0.538. The van der Waals surface area contributed by atoms with E-state index in [1.54, 1.807) is 0 Å². The first-order chi connectivity index (χ1) is 6.53. The van der Waals surface area contributed by atoms with Crippen molar-refractivity contribution in [2.75, 3.05) is 0 Å². The van der Waals surface area contributed by atoms with E-state index in [-0.39, 0.29) is 11.3 Å². The molecule has 0 bridgehead atoms. The minimum atomic E-state index is -0.297. The Morgan fingerprint density at radius 1 is 1.29 bits per heavy atom. The number of hydrogen-bond donors (Lipinski definition) is 0. The molecule has 0 spiro atoms. The molecule has 1 aliphatic carbocycles. The molecule has 0 amide bonds. The average Bonchev–Trinajstić information content (AvgIpc) is 2.15. The van der Waals surface area contributed by atoms with E-state index in [0.29, 0.717) is 5.78 Å². The lowest BCUT2D eigenvalue weighted by Gasteiger charge is -2.34. The maximum absolute atomic E-state index is 12.0. The number of fused-ring (bicyclic) bond motifs is 1. The number of benzene rings is 1. The first-order valence-electron chi connectivity index (χ1n) is 5.16. The van der Waals surface area contributed by atoms with Gasteiger partial charge in [-0.25, -0.2) is 0 Å². The van der Waals surface area contributed by atoms with Crippen LogP contribution in [0, 0.1) is 5.92 Å². The molecule has 1 nitrogen and oxygen atoms in total. The van der Waals surface area contributed by atoms with Crippen LogP contribution in [0.15, 0.2) is 24.3 Å². The summed E-state index contributed by atoms with van der Waals surface area (Å²) in [7, 11) is 0. The van der Waals surface area contributed by atoms with Gasteiger partial charge >= 0.3 is 0 Å². The maximum Gasteiger partial charge on any atom is 0.145 e. The van der Waals surface area contributed by atoms with Crippen molar-refractivity contribution in [2.45, 2.75) is 32.6 Å². The lowest BCUT2D eigenvalue weighted by molar-refractivity contribution is -0.127. The average molecular weight is 188 g/mol. The normalized spacial score (nSPS) is 24.5. The fourth-order valence-electron chi connectivity index (χ4n) is 2.48. The fraction of sp³-hybridized carbons (Fsp3) is 0.462. The van der Waals surface area contributed by atoms with Gasteiger partial charge in [-0.3, -0.25) is 4.79 Å². The Morgan fingerprint density at radius 2 is 1.93 bits per heavy atom. The van der Waals surface area contributed by atoms with Crippen molar-refractivity contribution in [2.24, 2.45) is 5.92 Å². The van der Waals surface area contributed by atoms with Crippen molar-refractivity contribution in [3.63, 3.8) is 0 Å². The molecule has 0 saturated carbocycles. The van der Waals surface area contributed by atoms with E-state index in [0.717, 1.165) is 6.42 Å². The Bertz CT molecular complexity index is 377. The van der Waals surface area contributed by atoms with Gasteiger partial charge in [0.2, 0.25) is 0 Å². The van der Waals surface area contributed by atoms with Crippen molar-refractivity contribution in [3.8, 4) is 0 Å².